The number of aromatic nitrogens is 1. The largest absolute Gasteiger partial charge is 0.459 e. The van der Waals surface area contributed by atoms with Crippen molar-refractivity contribution < 1.29 is 4.42 Å². The first-order valence-electron chi connectivity index (χ1n) is 6.79. The molecule has 2 aromatic heterocycles. The molecule has 102 valence electrons. The number of aryl methyl sites for hydroxylation is 2. The molecule has 0 saturated heterocycles. The maximum absolute atomic E-state index is 6.04. The summed E-state index contributed by atoms with van der Waals surface area (Å²) in [7, 11) is 1.93. The van der Waals surface area contributed by atoms with Crippen molar-refractivity contribution in [3.63, 3.8) is 0 Å². The van der Waals surface area contributed by atoms with E-state index < -0.39 is 0 Å². The lowest BCUT2D eigenvalue weighted by Gasteiger charge is -2.13. The zero-order valence-electron chi connectivity index (χ0n) is 12.0. The van der Waals surface area contributed by atoms with E-state index in [1.807, 2.05) is 32.2 Å². The highest BCUT2D eigenvalue weighted by molar-refractivity contribution is 5.81. The average molecular weight is 266 g/mol. The van der Waals surface area contributed by atoms with E-state index in [9.17, 15) is 0 Å². The number of para-hydroxylation sites is 1. The monoisotopic (exact) mass is 266 g/mol. The van der Waals surface area contributed by atoms with E-state index in [1.54, 1.807) is 0 Å². The molecule has 0 radical (unpaired) electrons. The summed E-state index contributed by atoms with van der Waals surface area (Å²) in [5.41, 5.74) is 4.09. The van der Waals surface area contributed by atoms with Crippen LogP contribution in [0.2, 0.25) is 0 Å². The van der Waals surface area contributed by atoms with Crippen LogP contribution in [0.5, 0.6) is 0 Å². The van der Waals surface area contributed by atoms with Gasteiger partial charge in [-0.05, 0) is 44.7 Å². The molecule has 0 aliphatic carbocycles. The molecule has 3 nitrogen and oxygen atoms in total. The van der Waals surface area contributed by atoms with Crippen LogP contribution >= 0.6 is 0 Å². The van der Waals surface area contributed by atoms with Crippen LogP contribution in [0, 0.1) is 13.8 Å². The summed E-state index contributed by atoms with van der Waals surface area (Å²) < 4.78 is 6.04. The molecule has 0 bridgehead atoms. The maximum atomic E-state index is 6.04. The van der Waals surface area contributed by atoms with Crippen molar-refractivity contribution in [3.8, 4) is 0 Å². The van der Waals surface area contributed by atoms with Gasteiger partial charge >= 0.3 is 0 Å². The standard InChI is InChI=1S/C17H18N2O/c1-11-6-4-8-13-10-15(20-17(11)13)16(18-3)14-9-5-7-12(2)19-14/h4-10,16,18H,1-3H3. The van der Waals surface area contributed by atoms with Crippen LogP contribution in [0.4, 0.5) is 0 Å². The first-order chi connectivity index (χ1) is 9.69. The Balaban J connectivity index is 2.09. The fraction of sp³-hybridized carbons (Fsp3) is 0.235. The number of furan rings is 1. The summed E-state index contributed by atoms with van der Waals surface area (Å²) in [6.07, 6.45) is 0. The number of hydrogen-bond donors (Lipinski definition) is 1. The number of nitrogens with one attached hydrogen (secondary N) is 1. The molecule has 3 rings (SSSR count). The number of fused-ring (bicyclic) bond motifs is 1. The Hall–Kier alpha value is -2.13. The van der Waals surface area contributed by atoms with Crippen LogP contribution in [0.25, 0.3) is 11.0 Å². The fourth-order valence-electron chi connectivity index (χ4n) is 2.53. The summed E-state index contributed by atoms with van der Waals surface area (Å²) in [6.45, 7) is 4.06. The maximum Gasteiger partial charge on any atom is 0.137 e. The Kier molecular flexibility index (Phi) is 3.28. The average Bonchev–Trinajstić information content (AvgIpc) is 2.85. The third kappa shape index (κ3) is 2.21. The minimum absolute atomic E-state index is 0.0262. The van der Waals surface area contributed by atoms with E-state index in [1.165, 1.54) is 0 Å². The second-order valence-electron chi connectivity index (χ2n) is 5.07. The molecule has 0 fully saturated rings. The lowest BCUT2D eigenvalue weighted by Crippen LogP contribution is -2.18. The second kappa shape index (κ2) is 5.10. The van der Waals surface area contributed by atoms with Crippen molar-refractivity contribution in [1.82, 2.24) is 10.3 Å². The highest BCUT2D eigenvalue weighted by Crippen LogP contribution is 2.29. The molecule has 3 aromatic rings. The van der Waals surface area contributed by atoms with Crippen LogP contribution < -0.4 is 5.32 Å². The summed E-state index contributed by atoms with van der Waals surface area (Å²) >= 11 is 0. The van der Waals surface area contributed by atoms with Crippen molar-refractivity contribution in [1.29, 1.82) is 0 Å². The quantitative estimate of drug-likeness (QED) is 0.784. The van der Waals surface area contributed by atoms with Gasteiger partial charge in [-0.2, -0.15) is 0 Å². The summed E-state index contributed by atoms with van der Waals surface area (Å²) in [5, 5.41) is 4.42. The van der Waals surface area contributed by atoms with Gasteiger partial charge in [0.2, 0.25) is 0 Å². The van der Waals surface area contributed by atoms with Gasteiger partial charge in [-0.25, -0.2) is 0 Å². The smallest absolute Gasteiger partial charge is 0.137 e. The Labute approximate surface area is 118 Å². The first-order valence-corrected chi connectivity index (χ1v) is 6.79. The van der Waals surface area contributed by atoms with Crippen molar-refractivity contribution in [2.24, 2.45) is 0 Å². The number of benzene rings is 1. The molecule has 0 saturated carbocycles. The second-order valence-corrected chi connectivity index (χ2v) is 5.07. The molecule has 0 aliphatic heterocycles. The van der Waals surface area contributed by atoms with E-state index >= 15 is 0 Å². The van der Waals surface area contributed by atoms with E-state index in [4.69, 9.17) is 4.42 Å². The minimum atomic E-state index is -0.0262. The lowest BCUT2D eigenvalue weighted by molar-refractivity contribution is 0.484. The molecule has 1 N–H and O–H groups in total. The van der Waals surface area contributed by atoms with Crippen LogP contribution in [-0.2, 0) is 0 Å². The summed E-state index contributed by atoms with van der Waals surface area (Å²) in [5.74, 6) is 0.898. The molecule has 0 amide bonds. The van der Waals surface area contributed by atoms with Crippen LogP contribution in [0.1, 0.15) is 28.8 Å². The van der Waals surface area contributed by atoms with Crippen molar-refractivity contribution >= 4 is 11.0 Å². The molecular weight excluding hydrogens is 248 g/mol. The van der Waals surface area contributed by atoms with Gasteiger partial charge in [-0.1, -0.05) is 24.3 Å². The van der Waals surface area contributed by atoms with Gasteiger partial charge in [0.25, 0.3) is 0 Å². The zero-order chi connectivity index (χ0) is 14.1. The normalized spacial score (nSPS) is 12.8. The predicted octanol–water partition coefficient (Wildman–Crippen LogP) is 3.75. The minimum Gasteiger partial charge on any atom is -0.459 e. The van der Waals surface area contributed by atoms with Crippen LogP contribution in [0.3, 0.4) is 0 Å². The topological polar surface area (TPSA) is 38.1 Å². The van der Waals surface area contributed by atoms with E-state index in [0.29, 0.717) is 0 Å². The van der Waals surface area contributed by atoms with Crippen LogP contribution in [-0.4, -0.2) is 12.0 Å². The van der Waals surface area contributed by atoms with Gasteiger partial charge in [0, 0.05) is 11.1 Å². The molecule has 3 heteroatoms. The Morgan fingerprint density at radius 2 is 1.90 bits per heavy atom. The van der Waals surface area contributed by atoms with Crippen molar-refractivity contribution in [2.75, 3.05) is 7.05 Å². The van der Waals surface area contributed by atoms with Gasteiger partial charge < -0.3 is 9.73 Å². The lowest BCUT2D eigenvalue weighted by atomic mass is 10.1. The van der Waals surface area contributed by atoms with Crippen LogP contribution in [0.15, 0.2) is 46.9 Å². The molecule has 0 aliphatic rings. The Morgan fingerprint density at radius 3 is 2.60 bits per heavy atom. The Morgan fingerprint density at radius 1 is 1.10 bits per heavy atom. The number of hydrogen-bond acceptors (Lipinski definition) is 3. The molecule has 1 unspecified atom stereocenters. The summed E-state index contributed by atoms with van der Waals surface area (Å²) in [6, 6.07) is 14.3. The van der Waals surface area contributed by atoms with Gasteiger partial charge in [-0.3, -0.25) is 4.98 Å². The highest BCUT2D eigenvalue weighted by atomic mass is 16.3. The van der Waals surface area contributed by atoms with Gasteiger partial charge in [0.1, 0.15) is 17.4 Å². The van der Waals surface area contributed by atoms with E-state index in [-0.39, 0.29) is 6.04 Å². The van der Waals surface area contributed by atoms with Gasteiger partial charge in [0.15, 0.2) is 0 Å². The van der Waals surface area contributed by atoms with E-state index in [0.717, 1.165) is 33.7 Å². The van der Waals surface area contributed by atoms with Gasteiger partial charge in [0.05, 0.1) is 5.69 Å². The molecule has 2 heterocycles. The Bertz CT molecular complexity index is 746. The van der Waals surface area contributed by atoms with E-state index in [2.05, 4.69) is 41.5 Å². The zero-order valence-corrected chi connectivity index (χ0v) is 12.0. The third-order valence-electron chi connectivity index (χ3n) is 3.54. The van der Waals surface area contributed by atoms with Crippen molar-refractivity contribution in [2.45, 2.75) is 19.9 Å². The third-order valence-corrected chi connectivity index (χ3v) is 3.54. The molecule has 20 heavy (non-hydrogen) atoms. The number of pyridine rings is 1. The molecule has 1 atom stereocenters. The highest BCUT2D eigenvalue weighted by Gasteiger charge is 2.18. The molecule has 1 aromatic carbocycles. The number of nitrogens with zero attached hydrogens (tertiary/aromatic N) is 1. The summed E-state index contributed by atoms with van der Waals surface area (Å²) in [4.78, 5) is 4.59. The van der Waals surface area contributed by atoms with Crippen molar-refractivity contribution in [3.05, 3.63) is 65.2 Å². The first kappa shape index (κ1) is 12.9. The van der Waals surface area contributed by atoms with Gasteiger partial charge in [-0.15, -0.1) is 0 Å². The predicted molar refractivity (Wildman–Crippen MR) is 80.8 cm³/mol. The number of rotatable bonds is 3. The SMILES string of the molecule is CNC(c1cccc(C)n1)c1cc2cccc(C)c2o1. The fourth-order valence-corrected chi connectivity index (χ4v) is 2.53. The molecule has 0 spiro atoms. The molecular formula is C17H18N2O.